The average Bonchev–Trinajstić information content (AvgIpc) is 3.01. The molecule has 0 radical (unpaired) electrons. The molecule has 0 N–H and O–H groups in total. The van der Waals surface area contributed by atoms with Crippen molar-refractivity contribution in [3.8, 4) is 5.75 Å². The number of thiazole rings is 1. The van der Waals surface area contributed by atoms with Crippen LogP contribution in [-0.2, 0) is 9.53 Å². The Labute approximate surface area is 121 Å². The van der Waals surface area contributed by atoms with Crippen LogP contribution in [0.1, 0.15) is 35.9 Å². The Balaban J connectivity index is 1.75. The van der Waals surface area contributed by atoms with Crippen LogP contribution in [0.15, 0.2) is 35.8 Å². The fourth-order valence-corrected chi connectivity index (χ4v) is 2.95. The summed E-state index contributed by atoms with van der Waals surface area (Å²) in [5, 5.41) is 2.70. The molecule has 0 saturated carbocycles. The van der Waals surface area contributed by atoms with E-state index in [9.17, 15) is 4.79 Å². The number of nitrogens with zero attached hydrogens (tertiary/aromatic N) is 1. The highest BCUT2D eigenvalue weighted by Crippen LogP contribution is 2.35. The SMILES string of the molecule is C[C@@H](OC(=O)[C@@H]1CCOc2ccccc21)c1nccs1. The van der Waals surface area contributed by atoms with Gasteiger partial charge >= 0.3 is 5.97 Å². The molecule has 1 aromatic carbocycles. The number of carbonyl (C=O) groups excluding carboxylic acids is 1. The normalized spacial score (nSPS) is 18.8. The smallest absolute Gasteiger partial charge is 0.314 e. The van der Waals surface area contributed by atoms with E-state index in [-0.39, 0.29) is 18.0 Å². The van der Waals surface area contributed by atoms with Crippen LogP contribution < -0.4 is 4.74 Å². The first kappa shape index (κ1) is 13.1. The van der Waals surface area contributed by atoms with Gasteiger partial charge in [0.25, 0.3) is 0 Å². The van der Waals surface area contributed by atoms with E-state index >= 15 is 0 Å². The predicted octanol–water partition coefficient (Wildman–Crippen LogP) is 3.31. The Bertz CT molecular complexity index is 597. The number of carbonyl (C=O) groups is 1. The lowest BCUT2D eigenvalue weighted by atomic mass is 9.93. The van der Waals surface area contributed by atoms with Crippen molar-refractivity contribution in [1.29, 1.82) is 0 Å². The molecule has 1 aromatic heterocycles. The number of hydrogen-bond donors (Lipinski definition) is 0. The van der Waals surface area contributed by atoms with E-state index in [0.717, 1.165) is 16.3 Å². The van der Waals surface area contributed by atoms with Gasteiger partial charge in [-0.1, -0.05) is 18.2 Å². The highest BCUT2D eigenvalue weighted by molar-refractivity contribution is 7.09. The molecular weight excluding hydrogens is 274 g/mol. The number of esters is 1. The highest BCUT2D eigenvalue weighted by Gasteiger charge is 2.30. The number of rotatable bonds is 3. The van der Waals surface area contributed by atoms with Gasteiger partial charge in [-0.3, -0.25) is 4.79 Å². The van der Waals surface area contributed by atoms with E-state index in [1.807, 2.05) is 36.6 Å². The molecule has 0 aliphatic carbocycles. The first-order valence-corrected chi connectivity index (χ1v) is 7.45. The van der Waals surface area contributed by atoms with Gasteiger partial charge in [-0.15, -0.1) is 11.3 Å². The Morgan fingerprint density at radius 1 is 1.50 bits per heavy atom. The Morgan fingerprint density at radius 3 is 3.15 bits per heavy atom. The van der Waals surface area contributed by atoms with Gasteiger partial charge in [0, 0.05) is 17.1 Å². The third-order valence-corrected chi connectivity index (χ3v) is 4.27. The van der Waals surface area contributed by atoms with Gasteiger partial charge in [-0.05, 0) is 19.4 Å². The fraction of sp³-hybridized carbons (Fsp3) is 0.333. The van der Waals surface area contributed by atoms with Gasteiger partial charge in [0.05, 0.1) is 12.5 Å². The zero-order valence-corrected chi connectivity index (χ0v) is 11.9. The second kappa shape index (κ2) is 5.63. The van der Waals surface area contributed by atoms with Crippen LogP contribution in [0.25, 0.3) is 0 Å². The zero-order valence-electron chi connectivity index (χ0n) is 11.1. The summed E-state index contributed by atoms with van der Waals surface area (Å²) in [7, 11) is 0. The lowest BCUT2D eigenvalue weighted by molar-refractivity contribution is -0.151. The second-order valence-corrected chi connectivity index (χ2v) is 5.60. The lowest BCUT2D eigenvalue weighted by Gasteiger charge is -2.25. The molecule has 0 amide bonds. The molecule has 0 spiro atoms. The Hall–Kier alpha value is -1.88. The van der Waals surface area contributed by atoms with Crippen molar-refractivity contribution in [1.82, 2.24) is 4.98 Å². The van der Waals surface area contributed by atoms with Gasteiger partial charge in [-0.2, -0.15) is 0 Å². The van der Waals surface area contributed by atoms with Crippen molar-refractivity contribution in [3.63, 3.8) is 0 Å². The first-order valence-electron chi connectivity index (χ1n) is 6.57. The van der Waals surface area contributed by atoms with Crippen LogP contribution in [0.4, 0.5) is 0 Å². The van der Waals surface area contributed by atoms with Gasteiger partial charge in [0.2, 0.25) is 0 Å². The first-order chi connectivity index (χ1) is 9.75. The highest BCUT2D eigenvalue weighted by atomic mass is 32.1. The molecule has 2 atom stereocenters. The van der Waals surface area contributed by atoms with Crippen LogP contribution in [0.2, 0.25) is 0 Å². The van der Waals surface area contributed by atoms with Gasteiger partial charge in [-0.25, -0.2) is 4.98 Å². The molecule has 104 valence electrons. The predicted molar refractivity (Wildman–Crippen MR) is 75.9 cm³/mol. The molecule has 0 unspecified atom stereocenters. The molecule has 0 bridgehead atoms. The van der Waals surface area contributed by atoms with Crippen LogP contribution in [-0.4, -0.2) is 17.6 Å². The average molecular weight is 289 g/mol. The van der Waals surface area contributed by atoms with Gasteiger partial charge in [0.15, 0.2) is 6.10 Å². The van der Waals surface area contributed by atoms with Crippen LogP contribution >= 0.6 is 11.3 Å². The summed E-state index contributed by atoms with van der Waals surface area (Å²) in [6, 6.07) is 7.64. The number of benzene rings is 1. The fourth-order valence-electron chi connectivity index (χ4n) is 2.33. The molecule has 4 nitrogen and oxygen atoms in total. The zero-order chi connectivity index (χ0) is 13.9. The molecule has 3 rings (SSSR count). The van der Waals surface area contributed by atoms with Crippen molar-refractivity contribution < 1.29 is 14.3 Å². The molecular formula is C15H15NO3S. The minimum absolute atomic E-state index is 0.205. The summed E-state index contributed by atoms with van der Waals surface area (Å²) < 4.78 is 11.1. The summed E-state index contributed by atoms with van der Waals surface area (Å²) in [6.45, 7) is 2.39. The van der Waals surface area contributed by atoms with Crippen molar-refractivity contribution in [2.45, 2.75) is 25.4 Å². The standard InChI is InChI=1S/C15H15NO3S/c1-10(14-16-7-9-20-14)19-15(17)12-6-8-18-13-5-3-2-4-11(12)13/h2-5,7,9-10,12H,6,8H2,1H3/t10-,12-/m1/s1. The quantitative estimate of drug-likeness (QED) is 0.813. The monoisotopic (exact) mass is 289 g/mol. The van der Waals surface area contributed by atoms with Crippen molar-refractivity contribution in [2.75, 3.05) is 6.61 Å². The second-order valence-electron chi connectivity index (χ2n) is 4.68. The topological polar surface area (TPSA) is 48.4 Å². The Kier molecular flexibility index (Phi) is 3.69. The third kappa shape index (κ3) is 2.54. The molecule has 20 heavy (non-hydrogen) atoms. The summed E-state index contributed by atoms with van der Waals surface area (Å²) in [5.74, 6) is 0.327. The van der Waals surface area contributed by atoms with Crippen molar-refractivity contribution in [3.05, 3.63) is 46.4 Å². The minimum Gasteiger partial charge on any atom is -0.493 e. The maximum absolute atomic E-state index is 12.4. The molecule has 2 aromatic rings. The molecule has 2 heterocycles. The van der Waals surface area contributed by atoms with Crippen LogP contribution in [0.3, 0.4) is 0 Å². The van der Waals surface area contributed by atoms with E-state index in [1.165, 1.54) is 11.3 Å². The number of hydrogen-bond acceptors (Lipinski definition) is 5. The summed E-state index contributed by atoms with van der Waals surface area (Å²) in [6.07, 6.45) is 2.06. The maximum Gasteiger partial charge on any atom is 0.314 e. The van der Waals surface area contributed by atoms with Gasteiger partial charge in [0.1, 0.15) is 10.8 Å². The molecule has 1 aliphatic rings. The molecule has 5 heteroatoms. The van der Waals surface area contributed by atoms with Gasteiger partial charge < -0.3 is 9.47 Å². The van der Waals surface area contributed by atoms with E-state index in [1.54, 1.807) is 6.20 Å². The van der Waals surface area contributed by atoms with Crippen LogP contribution in [0.5, 0.6) is 5.75 Å². The lowest BCUT2D eigenvalue weighted by Crippen LogP contribution is -2.24. The molecule has 0 fully saturated rings. The number of aromatic nitrogens is 1. The number of para-hydroxylation sites is 1. The number of ether oxygens (including phenoxy) is 2. The van der Waals surface area contributed by atoms with E-state index in [4.69, 9.17) is 9.47 Å². The summed E-state index contributed by atoms with van der Waals surface area (Å²) in [5.41, 5.74) is 0.912. The summed E-state index contributed by atoms with van der Waals surface area (Å²) >= 11 is 1.49. The molecule has 1 aliphatic heterocycles. The molecule has 0 saturated heterocycles. The largest absolute Gasteiger partial charge is 0.493 e. The maximum atomic E-state index is 12.4. The summed E-state index contributed by atoms with van der Waals surface area (Å²) in [4.78, 5) is 16.5. The number of fused-ring (bicyclic) bond motifs is 1. The minimum atomic E-state index is -0.308. The third-order valence-electron chi connectivity index (χ3n) is 3.34. The van der Waals surface area contributed by atoms with E-state index in [0.29, 0.717) is 13.0 Å². The van der Waals surface area contributed by atoms with E-state index < -0.39 is 0 Å². The van der Waals surface area contributed by atoms with Crippen molar-refractivity contribution >= 4 is 17.3 Å². The van der Waals surface area contributed by atoms with E-state index in [2.05, 4.69) is 4.98 Å². The van der Waals surface area contributed by atoms with Crippen molar-refractivity contribution in [2.24, 2.45) is 0 Å². The Morgan fingerprint density at radius 2 is 2.35 bits per heavy atom. The van der Waals surface area contributed by atoms with Crippen LogP contribution in [0, 0.1) is 0 Å².